The Bertz CT molecular complexity index is 498. The molecule has 21 heavy (non-hydrogen) atoms. The third kappa shape index (κ3) is 2.58. The number of benzene rings is 1. The molecule has 114 valence electrons. The van der Waals surface area contributed by atoms with Gasteiger partial charge in [0.1, 0.15) is 5.75 Å². The summed E-state index contributed by atoms with van der Waals surface area (Å²) in [6, 6.07) is 10.9. The predicted octanol–water partition coefficient (Wildman–Crippen LogP) is 2.77. The van der Waals surface area contributed by atoms with Crippen molar-refractivity contribution in [2.45, 2.75) is 56.1 Å². The molecule has 3 fully saturated rings. The number of nitrogens with zero attached hydrogens (tertiary/aromatic N) is 1. The molecule has 0 spiro atoms. The minimum Gasteiger partial charge on any atom is -0.497 e. The smallest absolute Gasteiger partial charge is 0.119 e. The summed E-state index contributed by atoms with van der Waals surface area (Å²) < 4.78 is 5.33. The third-order valence-corrected chi connectivity index (χ3v) is 5.76. The molecule has 2 saturated heterocycles. The van der Waals surface area contributed by atoms with Crippen LogP contribution in [0.1, 0.15) is 43.6 Å². The van der Waals surface area contributed by atoms with Gasteiger partial charge in [0, 0.05) is 24.7 Å². The van der Waals surface area contributed by atoms with Gasteiger partial charge in [-0.2, -0.15) is 0 Å². The van der Waals surface area contributed by atoms with Crippen LogP contribution in [0.15, 0.2) is 24.3 Å². The summed E-state index contributed by atoms with van der Waals surface area (Å²) in [6.45, 7) is 2.65. The van der Waals surface area contributed by atoms with E-state index >= 15 is 0 Å². The van der Waals surface area contributed by atoms with Gasteiger partial charge in [-0.25, -0.2) is 0 Å². The van der Waals surface area contributed by atoms with E-state index < -0.39 is 0 Å². The van der Waals surface area contributed by atoms with Crippen molar-refractivity contribution >= 4 is 0 Å². The van der Waals surface area contributed by atoms with Crippen molar-refractivity contribution in [2.75, 3.05) is 20.2 Å². The fraction of sp³-hybridized carbons (Fsp3) is 0.667. The molecule has 3 aliphatic rings. The number of fused-ring (bicyclic) bond motifs is 1. The average Bonchev–Trinajstić information content (AvgIpc) is 3.06. The van der Waals surface area contributed by atoms with Crippen LogP contribution in [-0.4, -0.2) is 43.2 Å². The van der Waals surface area contributed by atoms with Crippen molar-refractivity contribution in [2.24, 2.45) is 0 Å². The third-order valence-electron chi connectivity index (χ3n) is 5.76. The van der Waals surface area contributed by atoms with Crippen molar-refractivity contribution in [3.8, 4) is 5.75 Å². The van der Waals surface area contributed by atoms with E-state index in [1.165, 1.54) is 50.8 Å². The summed E-state index contributed by atoms with van der Waals surface area (Å²) >= 11 is 0. The van der Waals surface area contributed by atoms with Crippen LogP contribution in [0.4, 0.5) is 0 Å². The highest BCUT2D eigenvalue weighted by atomic mass is 16.5. The molecule has 2 unspecified atom stereocenters. The van der Waals surface area contributed by atoms with Gasteiger partial charge in [-0.15, -0.1) is 0 Å². The van der Waals surface area contributed by atoms with E-state index in [1.54, 1.807) is 7.11 Å². The van der Waals surface area contributed by atoms with E-state index in [0.29, 0.717) is 0 Å². The Balaban J connectivity index is 1.31. The Hall–Kier alpha value is -1.06. The fourth-order valence-electron chi connectivity index (χ4n) is 4.50. The highest BCUT2D eigenvalue weighted by Gasteiger charge is 2.40. The molecule has 1 aromatic rings. The SMILES string of the molecule is COc1cccc(C2CC(NC3CCN4CCCC34)C2)c1. The van der Waals surface area contributed by atoms with Gasteiger partial charge in [-0.05, 0) is 62.3 Å². The maximum absolute atomic E-state index is 5.33. The number of hydrogen-bond acceptors (Lipinski definition) is 3. The van der Waals surface area contributed by atoms with E-state index in [1.807, 2.05) is 6.07 Å². The van der Waals surface area contributed by atoms with Gasteiger partial charge in [0.25, 0.3) is 0 Å². The van der Waals surface area contributed by atoms with Crippen LogP contribution in [-0.2, 0) is 0 Å². The summed E-state index contributed by atoms with van der Waals surface area (Å²) in [5, 5.41) is 3.94. The minimum absolute atomic E-state index is 0.721. The number of ether oxygens (including phenoxy) is 1. The molecular weight excluding hydrogens is 260 g/mol. The van der Waals surface area contributed by atoms with Gasteiger partial charge in [0.15, 0.2) is 0 Å². The highest BCUT2D eigenvalue weighted by molar-refractivity contribution is 5.32. The first-order valence-electron chi connectivity index (χ1n) is 8.47. The fourth-order valence-corrected chi connectivity index (χ4v) is 4.50. The molecule has 0 aromatic heterocycles. The first-order chi connectivity index (χ1) is 10.3. The van der Waals surface area contributed by atoms with E-state index in [2.05, 4.69) is 28.4 Å². The normalized spacial score (nSPS) is 35.5. The van der Waals surface area contributed by atoms with Gasteiger partial charge < -0.3 is 10.1 Å². The molecule has 0 amide bonds. The lowest BCUT2D eigenvalue weighted by Crippen LogP contribution is -2.49. The molecule has 2 atom stereocenters. The van der Waals surface area contributed by atoms with Crippen LogP contribution in [0.25, 0.3) is 0 Å². The number of hydrogen-bond donors (Lipinski definition) is 1. The van der Waals surface area contributed by atoms with E-state index in [0.717, 1.165) is 29.8 Å². The second kappa shape index (κ2) is 5.62. The molecule has 3 nitrogen and oxygen atoms in total. The zero-order chi connectivity index (χ0) is 14.2. The summed E-state index contributed by atoms with van der Waals surface area (Å²) in [6.07, 6.45) is 6.74. The first-order valence-corrected chi connectivity index (χ1v) is 8.47. The van der Waals surface area contributed by atoms with E-state index in [4.69, 9.17) is 4.74 Å². The molecule has 1 saturated carbocycles. The Morgan fingerprint density at radius 3 is 2.95 bits per heavy atom. The molecule has 1 aromatic carbocycles. The van der Waals surface area contributed by atoms with Gasteiger partial charge in [0.05, 0.1) is 7.11 Å². The van der Waals surface area contributed by atoms with Crippen molar-refractivity contribution in [1.82, 2.24) is 10.2 Å². The zero-order valence-corrected chi connectivity index (χ0v) is 12.9. The second-order valence-corrected chi connectivity index (χ2v) is 6.95. The van der Waals surface area contributed by atoms with Gasteiger partial charge in [-0.3, -0.25) is 4.90 Å². The van der Waals surface area contributed by atoms with E-state index in [9.17, 15) is 0 Å². The Morgan fingerprint density at radius 1 is 1.19 bits per heavy atom. The lowest BCUT2D eigenvalue weighted by atomic mass is 9.75. The summed E-state index contributed by atoms with van der Waals surface area (Å²) in [7, 11) is 1.75. The zero-order valence-electron chi connectivity index (χ0n) is 12.9. The molecule has 1 aliphatic carbocycles. The molecule has 2 aliphatic heterocycles. The number of methoxy groups -OCH3 is 1. The molecule has 0 radical (unpaired) electrons. The lowest BCUT2D eigenvalue weighted by molar-refractivity contribution is 0.233. The van der Waals surface area contributed by atoms with Crippen molar-refractivity contribution in [3.63, 3.8) is 0 Å². The van der Waals surface area contributed by atoms with Crippen molar-refractivity contribution in [3.05, 3.63) is 29.8 Å². The minimum atomic E-state index is 0.721. The van der Waals surface area contributed by atoms with Crippen molar-refractivity contribution < 1.29 is 4.74 Å². The molecule has 2 heterocycles. The molecule has 1 N–H and O–H groups in total. The maximum Gasteiger partial charge on any atom is 0.119 e. The van der Waals surface area contributed by atoms with Gasteiger partial charge >= 0.3 is 0 Å². The van der Waals surface area contributed by atoms with Gasteiger partial charge in [0.2, 0.25) is 0 Å². The predicted molar refractivity (Wildman–Crippen MR) is 84.9 cm³/mol. The molecular formula is C18H26N2O. The maximum atomic E-state index is 5.33. The number of nitrogens with one attached hydrogen (secondary N) is 1. The monoisotopic (exact) mass is 286 g/mol. The first kappa shape index (κ1) is 13.6. The number of rotatable bonds is 4. The second-order valence-electron chi connectivity index (χ2n) is 6.95. The highest BCUT2D eigenvalue weighted by Crippen LogP contribution is 2.39. The summed E-state index contributed by atoms with van der Waals surface area (Å²) in [5.41, 5.74) is 1.45. The Labute approximate surface area is 127 Å². The molecule has 4 rings (SSSR count). The summed E-state index contributed by atoms with van der Waals surface area (Å²) in [5.74, 6) is 1.71. The molecule has 3 heteroatoms. The van der Waals surface area contributed by atoms with Crippen LogP contribution in [0.5, 0.6) is 5.75 Å². The lowest BCUT2D eigenvalue weighted by Gasteiger charge is -2.39. The van der Waals surface area contributed by atoms with Crippen LogP contribution in [0.3, 0.4) is 0 Å². The van der Waals surface area contributed by atoms with Crippen LogP contribution in [0, 0.1) is 0 Å². The molecule has 0 bridgehead atoms. The van der Waals surface area contributed by atoms with Crippen LogP contribution < -0.4 is 10.1 Å². The van der Waals surface area contributed by atoms with Crippen LogP contribution in [0.2, 0.25) is 0 Å². The topological polar surface area (TPSA) is 24.5 Å². The largest absolute Gasteiger partial charge is 0.497 e. The average molecular weight is 286 g/mol. The van der Waals surface area contributed by atoms with Crippen LogP contribution >= 0.6 is 0 Å². The summed E-state index contributed by atoms with van der Waals surface area (Å²) in [4.78, 5) is 2.69. The van der Waals surface area contributed by atoms with E-state index in [-0.39, 0.29) is 0 Å². The Kier molecular flexibility index (Phi) is 3.64. The van der Waals surface area contributed by atoms with Gasteiger partial charge in [-0.1, -0.05) is 12.1 Å². The Morgan fingerprint density at radius 2 is 2.10 bits per heavy atom. The quantitative estimate of drug-likeness (QED) is 0.921. The standard InChI is InChI=1S/C18H26N2O/c1-21-16-5-2-4-13(12-16)14-10-15(11-14)19-17-7-9-20-8-3-6-18(17)20/h2,4-5,12,14-15,17-19H,3,6-11H2,1H3. The van der Waals surface area contributed by atoms with Crippen molar-refractivity contribution in [1.29, 1.82) is 0 Å².